The number of thiazole rings is 1. The Bertz CT molecular complexity index is 791. The highest BCUT2D eigenvalue weighted by molar-refractivity contribution is 7.18. The van der Waals surface area contributed by atoms with E-state index in [1.165, 1.54) is 34.7 Å². The molecule has 1 aliphatic heterocycles. The molecule has 2 aromatic heterocycles. The monoisotopic (exact) mass is 395 g/mol. The summed E-state index contributed by atoms with van der Waals surface area (Å²) in [6.07, 6.45) is 5.45. The van der Waals surface area contributed by atoms with Crippen molar-refractivity contribution in [3.63, 3.8) is 0 Å². The molecular formula is C17H18ClN3O2S2. The average molecular weight is 396 g/mol. The lowest BCUT2D eigenvalue weighted by atomic mass is 10.0. The summed E-state index contributed by atoms with van der Waals surface area (Å²) in [4.78, 5) is 24.6. The summed E-state index contributed by atoms with van der Waals surface area (Å²) in [6.45, 7) is 0.575. The Balaban J connectivity index is 1.25. The number of hydrogen-bond donors (Lipinski definition) is 1. The lowest BCUT2D eigenvalue weighted by Gasteiger charge is -2.08. The molecule has 1 aliphatic carbocycles. The summed E-state index contributed by atoms with van der Waals surface area (Å²) in [5.74, 6) is -0.122. The number of aryl methyl sites for hydroxylation is 2. The third-order valence-electron chi connectivity index (χ3n) is 4.35. The molecule has 1 N–H and O–H groups in total. The third kappa shape index (κ3) is 3.88. The van der Waals surface area contributed by atoms with Crippen LogP contribution >= 0.6 is 34.3 Å². The minimum atomic E-state index is -0.555. The van der Waals surface area contributed by atoms with Gasteiger partial charge in [-0.05, 0) is 37.8 Å². The van der Waals surface area contributed by atoms with Gasteiger partial charge in [0, 0.05) is 24.3 Å². The van der Waals surface area contributed by atoms with Gasteiger partial charge in [-0.25, -0.2) is 4.98 Å². The molecule has 1 atom stereocenters. The summed E-state index contributed by atoms with van der Waals surface area (Å²) >= 11 is 9.18. The van der Waals surface area contributed by atoms with Crippen molar-refractivity contribution in [2.24, 2.45) is 5.16 Å². The van der Waals surface area contributed by atoms with Crippen LogP contribution in [-0.4, -0.2) is 29.3 Å². The number of thiophene rings is 1. The predicted molar refractivity (Wildman–Crippen MR) is 101 cm³/mol. The van der Waals surface area contributed by atoms with E-state index in [1.54, 1.807) is 11.3 Å². The third-order valence-corrected chi connectivity index (χ3v) is 6.84. The summed E-state index contributed by atoms with van der Waals surface area (Å²) in [7, 11) is 0. The first-order valence-corrected chi connectivity index (χ1v) is 10.4. The fourth-order valence-corrected chi connectivity index (χ4v) is 5.24. The highest BCUT2D eigenvalue weighted by Gasteiger charge is 2.29. The fraction of sp³-hybridized carbons (Fsp3) is 0.471. The van der Waals surface area contributed by atoms with Gasteiger partial charge in [-0.2, -0.15) is 0 Å². The minimum absolute atomic E-state index is 0.122. The first-order chi connectivity index (χ1) is 12.2. The van der Waals surface area contributed by atoms with E-state index in [9.17, 15) is 4.79 Å². The maximum Gasteiger partial charge on any atom is 0.264 e. The van der Waals surface area contributed by atoms with E-state index in [0.717, 1.165) is 34.9 Å². The van der Waals surface area contributed by atoms with E-state index < -0.39 is 6.10 Å². The molecule has 0 aromatic carbocycles. The Morgan fingerprint density at radius 3 is 3.00 bits per heavy atom. The molecular weight excluding hydrogens is 378 g/mol. The Kier molecular flexibility index (Phi) is 5.05. The second-order valence-electron chi connectivity index (χ2n) is 6.17. The SMILES string of the molecule is O=C(NCCc1nc2c(s1)CCCC2)C1CC(c2ccc(Cl)s2)=NO1. The van der Waals surface area contributed by atoms with Crippen molar-refractivity contribution in [1.82, 2.24) is 10.3 Å². The van der Waals surface area contributed by atoms with E-state index in [0.29, 0.717) is 17.3 Å². The molecule has 2 aliphatic rings. The van der Waals surface area contributed by atoms with Gasteiger partial charge in [0.1, 0.15) is 5.71 Å². The van der Waals surface area contributed by atoms with Gasteiger partial charge in [0.15, 0.2) is 0 Å². The van der Waals surface area contributed by atoms with Crippen LogP contribution in [0.15, 0.2) is 17.3 Å². The van der Waals surface area contributed by atoms with Gasteiger partial charge >= 0.3 is 0 Å². The van der Waals surface area contributed by atoms with Crippen molar-refractivity contribution >= 4 is 45.9 Å². The first-order valence-electron chi connectivity index (χ1n) is 8.42. The van der Waals surface area contributed by atoms with Crippen LogP contribution in [0.25, 0.3) is 0 Å². The topological polar surface area (TPSA) is 63.6 Å². The minimum Gasteiger partial charge on any atom is -0.382 e. The first kappa shape index (κ1) is 17.0. The van der Waals surface area contributed by atoms with Gasteiger partial charge < -0.3 is 10.2 Å². The van der Waals surface area contributed by atoms with Crippen molar-refractivity contribution in [3.8, 4) is 0 Å². The summed E-state index contributed by atoms with van der Waals surface area (Å²) in [5, 5.41) is 8.08. The predicted octanol–water partition coefficient (Wildman–Crippen LogP) is 3.59. The maximum absolute atomic E-state index is 12.3. The van der Waals surface area contributed by atoms with Gasteiger partial charge in [-0.3, -0.25) is 4.79 Å². The number of carbonyl (C=O) groups is 1. The zero-order valence-electron chi connectivity index (χ0n) is 13.6. The van der Waals surface area contributed by atoms with Crippen molar-refractivity contribution in [2.45, 2.75) is 44.6 Å². The normalized spacial score (nSPS) is 19.2. The molecule has 0 fully saturated rings. The lowest BCUT2D eigenvalue weighted by Crippen LogP contribution is -2.35. The highest BCUT2D eigenvalue weighted by atomic mass is 35.5. The van der Waals surface area contributed by atoms with Crippen LogP contribution in [0.3, 0.4) is 0 Å². The molecule has 1 amide bonds. The van der Waals surface area contributed by atoms with E-state index in [2.05, 4.69) is 10.5 Å². The van der Waals surface area contributed by atoms with Crippen LogP contribution in [0.5, 0.6) is 0 Å². The Morgan fingerprint density at radius 2 is 2.20 bits per heavy atom. The van der Waals surface area contributed by atoms with Crippen LogP contribution in [0.4, 0.5) is 0 Å². The molecule has 3 heterocycles. The zero-order valence-corrected chi connectivity index (χ0v) is 16.0. The van der Waals surface area contributed by atoms with E-state index in [1.807, 2.05) is 12.1 Å². The number of nitrogens with zero attached hydrogens (tertiary/aromatic N) is 2. The fourth-order valence-electron chi connectivity index (χ4n) is 3.05. The maximum atomic E-state index is 12.3. The molecule has 8 heteroatoms. The zero-order chi connectivity index (χ0) is 17.2. The molecule has 4 rings (SSSR count). The Hall–Kier alpha value is -1.44. The molecule has 5 nitrogen and oxygen atoms in total. The molecule has 0 saturated carbocycles. The smallest absolute Gasteiger partial charge is 0.264 e. The van der Waals surface area contributed by atoms with Crippen molar-refractivity contribution in [3.05, 3.63) is 36.9 Å². The number of carbonyl (C=O) groups excluding carboxylic acids is 1. The van der Waals surface area contributed by atoms with Gasteiger partial charge in [0.25, 0.3) is 5.91 Å². The number of rotatable bonds is 5. The van der Waals surface area contributed by atoms with E-state index in [4.69, 9.17) is 21.4 Å². The van der Waals surface area contributed by atoms with Crippen molar-refractivity contribution < 1.29 is 9.63 Å². The number of nitrogens with one attached hydrogen (secondary N) is 1. The standard InChI is InChI=1S/C17H18ClN3O2S2/c18-15-6-5-14(24-15)11-9-12(23-21-11)17(22)19-8-7-16-20-10-3-1-2-4-13(10)25-16/h5-6,12H,1-4,7-9H2,(H,19,22). The average Bonchev–Trinajstić information content (AvgIpc) is 3.32. The quantitative estimate of drug-likeness (QED) is 0.841. The van der Waals surface area contributed by atoms with Crippen LogP contribution in [0.2, 0.25) is 4.34 Å². The molecule has 0 saturated heterocycles. The van der Waals surface area contributed by atoms with Crippen LogP contribution < -0.4 is 5.32 Å². The molecule has 1 unspecified atom stereocenters. The van der Waals surface area contributed by atoms with Crippen LogP contribution in [0.1, 0.15) is 39.7 Å². The summed E-state index contributed by atoms with van der Waals surface area (Å²) < 4.78 is 0.705. The lowest BCUT2D eigenvalue weighted by molar-refractivity contribution is -0.131. The number of oxime groups is 1. The second kappa shape index (κ2) is 7.43. The molecule has 0 spiro atoms. The number of amides is 1. The van der Waals surface area contributed by atoms with E-state index in [-0.39, 0.29) is 5.91 Å². The Morgan fingerprint density at radius 1 is 1.32 bits per heavy atom. The number of aromatic nitrogens is 1. The number of halogens is 1. The second-order valence-corrected chi connectivity index (χ2v) is 9.05. The van der Waals surface area contributed by atoms with Crippen molar-refractivity contribution in [1.29, 1.82) is 0 Å². The number of fused-ring (bicyclic) bond motifs is 1. The van der Waals surface area contributed by atoms with Gasteiger partial charge in [0.2, 0.25) is 6.10 Å². The molecule has 0 radical (unpaired) electrons. The van der Waals surface area contributed by atoms with Gasteiger partial charge in [-0.15, -0.1) is 22.7 Å². The molecule has 132 valence electrons. The van der Waals surface area contributed by atoms with Crippen LogP contribution in [-0.2, 0) is 28.9 Å². The van der Waals surface area contributed by atoms with Gasteiger partial charge in [-0.1, -0.05) is 16.8 Å². The molecule has 0 bridgehead atoms. The molecule has 2 aromatic rings. The summed E-state index contributed by atoms with van der Waals surface area (Å²) in [6, 6.07) is 3.73. The largest absolute Gasteiger partial charge is 0.382 e. The van der Waals surface area contributed by atoms with Crippen molar-refractivity contribution in [2.75, 3.05) is 6.54 Å². The Labute approximate surface area is 159 Å². The van der Waals surface area contributed by atoms with Crippen LogP contribution in [0, 0.1) is 0 Å². The number of hydrogen-bond acceptors (Lipinski definition) is 6. The highest BCUT2D eigenvalue weighted by Crippen LogP contribution is 2.27. The van der Waals surface area contributed by atoms with E-state index >= 15 is 0 Å². The summed E-state index contributed by atoms with van der Waals surface area (Å²) in [5.41, 5.74) is 2.05. The van der Waals surface area contributed by atoms with Gasteiger partial charge in [0.05, 0.1) is 19.9 Å². The molecule has 25 heavy (non-hydrogen) atoms.